The second-order valence-electron chi connectivity index (χ2n) is 8.24. The van der Waals surface area contributed by atoms with Crippen LogP contribution in [0.2, 0.25) is 0 Å². The van der Waals surface area contributed by atoms with E-state index in [-0.39, 0.29) is 12.4 Å². The van der Waals surface area contributed by atoms with Gasteiger partial charge in [0.1, 0.15) is 24.8 Å². The number of aryl methyl sites for hydroxylation is 1. The summed E-state index contributed by atoms with van der Waals surface area (Å²) in [5.41, 5.74) is 7.80. The van der Waals surface area contributed by atoms with Crippen molar-refractivity contribution in [3.8, 4) is 11.5 Å². The van der Waals surface area contributed by atoms with Crippen molar-refractivity contribution in [2.75, 3.05) is 26.9 Å². The minimum absolute atomic E-state index is 0. The number of methoxy groups -OCH3 is 1. The molecular formula is C29H29ClN2O2. The Balaban J connectivity index is 0.00000274. The summed E-state index contributed by atoms with van der Waals surface area (Å²) in [6, 6.07) is 25.7. The van der Waals surface area contributed by atoms with E-state index in [0.29, 0.717) is 13.3 Å². The Kier molecular flexibility index (Phi) is 7.71. The zero-order valence-corrected chi connectivity index (χ0v) is 20.1. The van der Waals surface area contributed by atoms with Gasteiger partial charge in [-0.3, -0.25) is 4.99 Å². The third-order valence-electron chi connectivity index (χ3n) is 6.19. The van der Waals surface area contributed by atoms with E-state index in [1.807, 2.05) is 18.5 Å². The van der Waals surface area contributed by atoms with Crippen LogP contribution in [-0.4, -0.2) is 38.0 Å². The van der Waals surface area contributed by atoms with Gasteiger partial charge in [-0.05, 0) is 76.6 Å². The van der Waals surface area contributed by atoms with E-state index in [4.69, 9.17) is 9.47 Å². The maximum Gasteiger partial charge on any atom is 0.119 e. The SMILES string of the molecule is COc1ccc2c(c1)CCC(c1ccccc1)=C2c1ccc(OCCN2C=CC=NC2)cc1.Cl. The first kappa shape index (κ1) is 23.7. The number of hydrogen-bond acceptors (Lipinski definition) is 4. The van der Waals surface area contributed by atoms with Gasteiger partial charge in [-0.2, -0.15) is 0 Å². The number of allylic oxidation sites excluding steroid dienone is 2. The van der Waals surface area contributed by atoms with E-state index in [1.54, 1.807) is 7.11 Å². The molecule has 0 aromatic heterocycles. The Hall–Kier alpha value is -3.50. The van der Waals surface area contributed by atoms with Crippen LogP contribution in [0, 0.1) is 0 Å². The van der Waals surface area contributed by atoms with E-state index in [2.05, 4.69) is 82.7 Å². The predicted octanol–water partition coefficient (Wildman–Crippen LogP) is 6.26. The molecule has 0 atom stereocenters. The first-order valence-electron chi connectivity index (χ1n) is 11.4. The average molecular weight is 473 g/mol. The zero-order valence-electron chi connectivity index (χ0n) is 19.3. The second-order valence-corrected chi connectivity index (χ2v) is 8.24. The molecule has 4 nitrogen and oxygen atoms in total. The van der Waals surface area contributed by atoms with Gasteiger partial charge in [0.05, 0.1) is 13.7 Å². The molecule has 1 aliphatic carbocycles. The molecule has 5 rings (SSSR count). The summed E-state index contributed by atoms with van der Waals surface area (Å²) in [4.78, 5) is 6.39. The van der Waals surface area contributed by atoms with Crippen LogP contribution in [0.25, 0.3) is 11.1 Å². The molecule has 0 spiro atoms. The molecule has 0 fully saturated rings. The Morgan fingerprint density at radius 2 is 1.68 bits per heavy atom. The Bertz CT molecular complexity index is 1200. The standard InChI is InChI=1S/C29H28N2O2.ClH/c1-32-26-13-15-28-24(20-26)10-14-27(22-6-3-2-4-7-22)29(28)23-8-11-25(12-9-23)33-19-18-31-17-5-16-30-21-31;/h2-9,11-13,15-17,20H,10,14,18-19,21H2,1H3;1H. The lowest BCUT2D eigenvalue weighted by Gasteiger charge is -2.25. The van der Waals surface area contributed by atoms with Crippen molar-refractivity contribution >= 4 is 29.8 Å². The van der Waals surface area contributed by atoms with E-state index >= 15 is 0 Å². The van der Waals surface area contributed by atoms with Gasteiger partial charge in [0.2, 0.25) is 0 Å². The summed E-state index contributed by atoms with van der Waals surface area (Å²) < 4.78 is 11.5. The van der Waals surface area contributed by atoms with Gasteiger partial charge in [-0.1, -0.05) is 48.5 Å². The first-order valence-corrected chi connectivity index (χ1v) is 11.4. The molecule has 3 aromatic carbocycles. The monoisotopic (exact) mass is 472 g/mol. The Morgan fingerprint density at radius 1 is 0.882 bits per heavy atom. The highest BCUT2D eigenvalue weighted by molar-refractivity contribution is 6.00. The molecule has 0 unspecified atom stereocenters. The molecule has 1 aliphatic heterocycles. The van der Waals surface area contributed by atoms with Crippen molar-refractivity contribution in [1.29, 1.82) is 0 Å². The van der Waals surface area contributed by atoms with Gasteiger partial charge in [-0.25, -0.2) is 0 Å². The normalized spacial score (nSPS) is 14.4. The maximum absolute atomic E-state index is 6.00. The van der Waals surface area contributed by atoms with E-state index in [1.165, 1.54) is 33.4 Å². The number of benzene rings is 3. The number of ether oxygens (including phenoxy) is 2. The van der Waals surface area contributed by atoms with E-state index < -0.39 is 0 Å². The molecule has 0 radical (unpaired) electrons. The number of rotatable bonds is 7. The molecule has 0 saturated heterocycles. The molecule has 0 amide bonds. The summed E-state index contributed by atoms with van der Waals surface area (Å²) >= 11 is 0. The fraction of sp³-hybridized carbons (Fsp3) is 0.207. The van der Waals surface area contributed by atoms with Crippen molar-refractivity contribution in [3.05, 3.63) is 107 Å². The van der Waals surface area contributed by atoms with Crippen molar-refractivity contribution in [2.24, 2.45) is 4.99 Å². The number of aliphatic imine (C=N–C) groups is 1. The summed E-state index contributed by atoms with van der Waals surface area (Å²) in [6.45, 7) is 2.13. The van der Waals surface area contributed by atoms with Gasteiger partial charge >= 0.3 is 0 Å². The summed E-state index contributed by atoms with van der Waals surface area (Å²) in [5, 5.41) is 0. The predicted molar refractivity (Wildman–Crippen MR) is 142 cm³/mol. The zero-order chi connectivity index (χ0) is 22.5. The molecule has 0 saturated carbocycles. The topological polar surface area (TPSA) is 34.1 Å². The van der Waals surface area contributed by atoms with Crippen LogP contribution in [0.4, 0.5) is 0 Å². The van der Waals surface area contributed by atoms with Gasteiger partial charge in [0, 0.05) is 12.4 Å². The van der Waals surface area contributed by atoms with Gasteiger partial charge in [-0.15, -0.1) is 12.4 Å². The number of nitrogens with zero attached hydrogens (tertiary/aromatic N) is 2. The Morgan fingerprint density at radius 3 is 2.41 bits per heavy atom. The van der Waals surface area contributed by atoms with Crippen LogP contribution in [0.5, 0.6) is 11.5 Å². The maximum atomic E-state index is 6.00. The Labute approximate surface area is 207 Å². The molecule has 1 heterocycles. The van der Waals surface area contributed by atoms with Crippen molar-refractivity contribution in [1.82, 2.24) is 4.90 Å². The molecule has 0 bridgehead atoms. The summed E-state index contributed by atoms with van der Waals surface area (Å²) in [5.74, 6) is 1.80. The molecule has 2 aliphatic rings. The highest BCUT2D eigenvalue weighted by Gasteiger charge is 2.22. The number of hydrogen-bond donors (Lipinski definition) is 0. The largest absolute Gasteiger partial charge is 0.497 e. The quantitative estimate of drug-likeness (QED) is 0.407. The lowest BCUT2D eigenvalue weighted by atomic mass is 9.79. The van der Waals surface area contributed by atoms with Crippen LogP contribution in [0.1, 0.15) is 28.7 Å². The van der Waals surface area contributed by atoms with E-state index in [0.717, 1.165) is 30.9 Å². The lowest BCUT2D eigenvalue weighted by molar-refractivity contribution is 0.256. The fourth-order valence-electron chi connectivity index (χ4n) is 4.52. The van der Waals surface area contributed by atoms with Crippen LogP contribution in [-0.2, 0) is 6.42 Å². The fourth-order valence-corrected chi connectivity index (χ4v) is 4.52. The van der Waals surface area contributed by atoms with Crippen LogP contribution >= 0.6 is 12.4 Å². The second kappa shape index (κ2) is 11.1. The lowest BCUT2D eigenvalue weighted by Crippen LogP contribution is -2.25. The average Bonchev–Trinajstić information content (AvgIpc) is 2.89. The molecule has 34 heavy (non-hydrogen) atoms. The van der Waals surface area contributed by atoms with Crippen molar-refractivity contribution in [2.45, 2.75) is 12.8 Å². The summed E-state index contributed by atoms with van der Waals surface area (Å²) in [6.07, 6.45) is 7.84. The first-order chi connectivity index (χ1) is 16.3. The third-order valence-corrected chi connectivity index (χ3v) is 6.19. The van der Waals surface area contributed by atoms with Crippen LogP contribution in [0.3, 0.4) is 0 Å². The van der Waals surface area contributed by atoms with Gasteiger partial charge in [0.15, 0.2) is 0 Å². The third kappa shape index (κ3) is 5.18. The molecule has 5 heteroatoms. The number of halogens is 1. The summed E-state index contributed by atoms with van der Waals surface area (Å²) in [7, 11) is 1.73. The number of fused-ring (bicyclic) bond motifs is 1. The smallest absolute Gasteiger partial charge is 0.119 e. The minimum atomic E-state index is 0. The van der Waals surface area contributed by atoms with Crippen molar-refractivity contribution < 1.29 is 9.47 Å². The molecule has 3 aromatic rings. The highest BCUT2D eigenvalue weighted by atomic mass is 35.5. The van der Waals surface area contributed by atoms with Crippen molar-refractivity contribution in [3.63, 3.8) is 0 Å². The molecular weight excluding hydrogens is 444 g/mol. The van der Waals surface area contributed by atoms with Crippen LogP contribution < -0.4 is 9.47 Å². The minimum Gasteiger partial charge on any atom is -0.497 e. The molecule has 174 valence electrons. The molecule has 0 N–H and O–H groups in total. The van der Waals surface area contributed by atoms with E-state index in [9.17, 15) is 0 Å². The van der Waals surface area contributed by atoms with Gasteiger partial charge < -0.3 is 14.4 Å². The van der Waals surface area contributed by atoms with Gasteiger partial charge in [0.25, 0.3) is 0 Å². The highest BCUT2D eigenvalue weighted by Crippen LogP contribution is 2.42. The van der Waals surface area contributed by atoms with Crippen LogP contribution in [0.15, 0.2) is 90.1 Å².